The van der Waals surface area contributed by atoms with Gasteiger partial charge in [0.1, 0.15) is 17.2 Å². The van der Waals surface area contributed by atoms with Crippen LogP contribution in [0.4, 0.5) is 14.5 Å². The number of pyridine rings is 1. The molecule has 1 aliphatic heterocycles. The predicted octanol–water partition coefficient (Wildman–Crippen LogP) is 5.14. The summed E-state index contributed by atoms with van der Waals surface area (Å²) in [7, 11) is 0. The molecule has 0 saturated carbocycles. The van der Waals surface area contributed by atoms with Crippen molar-refractivity contribution in [2.24, 2.45) is 5.73 Å². The lowest BCUT2D eigenvalue weighted by Crippen LogP contribution is -2.46. The fourth-order valence-corrected chi connectivity index (χ4v) is 4.30. The zero-order chi connectivity index (χ0) is 22.2. The van der Waals surface area contributed by atoms with Crippen molar-refractivity contribution in [2.45, 2.75) is 32.4 Å². The average Bonchev–Trinajstić information content (AvgIpc) is 2.73. The molecular weight excluding hydrogens is 396 g/mol. The molecule has 31 heavy (non-hydrogen) atoms. The first kappa shape index (κ1) is 21.2. The number of anilines is 1. The number of piperidine rings is 1. The molecule has 1 aromatic heterocycles. The molecule has 2 heterocycles. The minimum atomic E-state index is -1.37. The Hall–Kier alpha value is -2.99. The number of aromatic nitrogens is 1. The Labute approximate surface area is 181 Å². The molecule has 1 aliphatic rings. The molecule has 0 bridgehead atoms. The summed E-state index contributed by atoms with van der Waals surface area (Å²) >= 11 is 0. The lowest BCUT2D eigenvalue weighted by atomic mass is 9.90. The molecule has 6 heteroatoms. The number of hydrogen-bond donors (Lipinski definition) is 2. The molecule has 3 N–H and O–H groups in total. The van der Waals surface area contributed by atoms with E-state index in [4.69, 9.17) is 5.73 Å². The van der Waals surface area contributed by atoms with Crippen molar-refractivity contribution in [1.29, 1.82) is 0 Å². The van der Waals surface area contributed by atoms with Crippen molar-refractivity contribution in [3.63, 3.8) is 0 Å². The van der Waals surface area contributed by atoms with E-state index >= 15 is 0 Å². The molecule has 0 spiro atoms. The molecule has 4 rings (SSSR count). The van der Waals surface area contributed by atoms with Crippen molar-refractivity contribution in [3.8, 4) is 28.0 Å². The first-order valence-corrected chi connectivity index (χ1v) is 10.5. The Morgan fingerprint density at radius 1 is 1.00 bits per heavy atom. The number of phenols is 1. The third-order valence-corrected chi connectivity index (χ3v) is 6.06. The molecule has 0 unspecified atom stereocenters. The van der Waals surface area contributed by atoms with Gasteiger partial charge in [0.15, 0.2) is 0 Å². The second-order valence-corrected chi connectivity index (χ2v) is 8.46. The van der Waals surface area contributed by atoms with Gasteiger partial charge >= 0.3 is 0 Å². The van der Waals surface area contributed by atoms with Crippen molar-refractivity contribution < 1.29 is 13.9 Å². The minimum absolute atomic E-state index is 0.00125. The summed E-state index contributed by atoms with van der Waals surface area (Å²) in [5, 5.41) is 10.7. The largest absolute Gasteiger partial charge is 0.507 e. The van der Waals surface area contributed by atoms with Crippen molar-refractivity contribution >= 4 is 5.69 Å². The lowest BCUT2D eigenvalue weighted by molar-refractivity contribution is 0.135. The Morgan fingerprint density at radius 3 is 2.35 bits per heavy atom. The van der Waals surface area contributed by atoms with E-state index in [1.807, 2.05) is 32.0 Å². The highest BCUT2D eigenvalue weighted by atomic mass is 19.1. The monoisotopic (exact) mass is 423 g/mol. The Bertz CT molecular complexity index is 1090. The van der Waals surface area contributed by atoms with E-state index in [2.05, 4.69) is 9.88 Å². The van der Waals surface area contributed by atoms with Gasteiger partial charge in [0.05, 0.1) is 5.69 Å². The highest BCUT2D eigenvalue weighted by molar-refractivity contribution is 5.92. The van der Waals surface area contributed by atoms with Crippen LogP contribution < -0.4 is 10.6 Å². The van der Waals surface area contributed by atoms with Crippen LogP contribution in [-0.2, 0) is 0 Å². The molecule has 2 aromatic carbocycles. The fraction of sp³-hybridized carbons (Fsp3) is 0.320. The topological polar surface area (TPSA) is 62.4 Å². The Balaban J connectivity index is 1.90. The van der Waals surface area contributed by atoms with Gasteiger partial charge in [0, 0.05) is 61.6 Å². The van der Waals surface area contributed by atoms with E-state index in [0.29, 0.717) is 37.1 Å². The molecular formula is C25H27F2N3O. The van der Waals surface area contributed by atoms with Crippen molar-refractivity contribution in [3.05, 3.63) is 65.7 Å². The molecule has 3 aromatic rings. The molecule has 4 nitrogen and oxygen atoms in total. The number of nitrogens with two attached hydrogens (primary N) is 1. The number of nitrogens with zero attached hydrogens (tertiary/aromatic N) is 2. The van der Waals surface area contributed by atoms with Gasteiger partial charge in [-0.1, -0.05) is 18.2 Å². The zero-order valence-corrected chi connectivity index (χ0v) is 17.8. The normalized spacial score (nSPS) is 15.8. The van der Waals surface area contributed by atoms with Crippen LogP contribution in [0.2, 0.25) is 0 Å². The number of aryl methyl sites for hydroxylation is 2. The summed E-state index contributed by atoms with van der Waals surface area (Å²) in [5.41, 5.74) is 9.66. The molecule has 1 fully saturated rings. The summed E-state index contributed by atoms with van der Waals surface area (Å²) < 4.78 is 29.0. The minimum Gasteiger partial charge on any atom is -0.507 e. The van der Waals surface area contributed by atoms with Gasteiger partial charge < -0.3 is 15.7 Å². The highest BCUT2D eigenvalue weighted by Gasteiger charge is 2.34. The smallest absolute Gasteiger partial charge is 0.126 e. The maximum absolute atomic E-state index is 14.8. The number of aromatic hydroxyl groups is 1. The summed E-state index contributed by atoms with van der Waals surface area (Å²) in [4.78, 5) is 6.50. The molecule has 0 aliphatic carbocycles. The van der Waals surface area contributed by atoms with Gasteiger partial charge in [-0.05, 0) is 48.7 Å². The van der Waals surface area contributed by atoms with Crippen LogP contribution in [0.15, 0.2) is 48.8 Å². The maximum Gasteiger partial charge on any atom is 0.126 e. The summed E-state index contributed by atoms with van der Waals surface area (Å²) in [6, 6.07) is 10.4. The van der Waals surface area contributed by atoms with Gasteiger partial charge in [0.25, 0.3) is 0 Å². The van der Waals surface area contributed by atoms with E-state index in [-0.39, 0.29) is 18.1 Å². The molecule has 0 radical (unpaired) electrons. The Morgan fingerprint density at radius 2 is 1.71 bits per heavy atom. The number of rotatable bonds is 4. The molecule has 0 amide bonds. The molecule has 162 valence electrons. The van der Waals surface area contributed by atoms with Gasteiger partial charge in [-0.25, -0.2) is 8.78 Å². The number of phenolic OH excluding ortho intramolecular Hbond substituents is 1. The lowest BCUT2D eigenvalue weighted by Gasteiger charge is -2.38. The van der Waals surface area contributed by atoms with Crippen LogP contribution in [0.1, 0.15) is 24.0 Å². The van der Waals surface area contributed by atoms with Gasteiger partial charge in [0.2, 0.25) is 0 Å². The zero-order valence-electron chi connectivity index (χ0n) is 17.8. The van der Waals surface area contributed by atoms with E-state index in [9.17, 15) is 13.9 Å². The quantitative estimate of drug-likeness (QED) is 0.610. The van der Waals surface area contributed by atoms with Crippen LogP contribution in [0.5, 0.6) is 5.75 Å². The first-order valence-electron chi connectivity index (χ1n) is 10.5. The van der Waals surface area contributed by atoms with Gasteiger partial charge in [-0.2, -0.15) is 0 Å². The van der Waals surface area contributed by atoms with Crippen LogP contribution in [-0.4, -0.2) is 35.4 Å². The van der Waals surface area contributed by atoms with Crippen LogP contribution >= 0.6 is 0 Å². The van der Waals surface area contributed by atoms with Crippen LogP contribution in [0.25, 0.3) is 22.3 Å². The molecule has 1 saturated heterocycles. The summed E-state index contributed by atoms with van der Waals surface area (Å²) in [6.45, 7) is 4.69. The van der Waals surface area contributed by atoms with E-state index in [1.54, 1.807) is 18.5 Å². The Kier molecular flexibility index (Phi) is 5.67. The van der Waals surface area contributed by atoms with Crippen LogP contribution in [0, 0.1) is 19.7 Å². The maximum atomic E-state index is 14.8. The second kappa shape index (κ2) is 8.27. The molecule has 0 atom stereocenters. The number of hydrogen-bond acceptors (Lipinski definition) is 4. The van der Waals surface area contributed by atoms with E-state index < -0.39 is 5.67 Å². The summed E-state index contributed by atoms with van der Waals surface area (Å²) in [5.74, 6) is -0.177. The fourth-order valence-electron chi connectivity index (χ4n) is 4.30. The van der Waals surface area contributed by atoms with Crippen molar-refractivity contribution in [2.75, 3.05) is 24.5 Å². The van der Waals surface area contributed by atoms with E-state index in [0.717, 1.165) is 27.9 Å². The average molecular weight is 424 g/mol. The van der Waals surface area contributed by atoms with Gasteiger partial charge in [-0.3, -0.25) is 4.98 Å². The third-order valence-electron chi connectivity index (χ3n) is 6.06. The highest BCUT2D eigenvalue weighted by Crippen LogP contribution is 2.44. The predicted molar refractivity (Wildman–Crippen MR) is 121 cm³/mol. The van der Waals surface area contributed by atoms with Crippen molar-refractivity contribution in [1.82, 2.24) is 4.98 Å². The first-order chi connectivity index (χ1) is 14.8. The third kappa shape index (κ3) is 4.26. The standard InChI is InChI=1S/C25H27F2N3O/c1-16-3-4-20(23(31)11-16)22-14-29-13-21(18-9-17(2)10-19(26)12-18)24(22)30-7-5-25(27,15-28)6-8-30/h3-4,9-14,31H,5-8,15,28H2,1-2H3. The second-order valence-electron chi connectivity index (χ2n) is 8.46. The number of alkyl halides is 1. The SMILES string of the molecule is Cc1cc(F)cc(-c2cncc(-c3ccc(C)cc3O)c2N2CCC(F)(CN)CC2)c1. The van der Waals surface area contributed by atoms with Gasteiger partial charge in [-0.15, -0.1) is 0 Å². The summed E-state index contributed by atoms with van der Waals surface area (Å²) in [6.07, 6.45) is 4.04. The number of benzene rings is 2. The van der Waals surface area contributed by atoms with E-state index in [1.165, 1.54) is 12.1 Å². The van der Waals surface area contributed by atoms with Crippen LogP contribution in [0.3, 0.4) is 0 Å². The number of halogens is 2.